The summed E-state index contributed by atoms with van der Waals surface area (Å²) < 4.78 is 31.9. The number of sulfonamides is 1. The van der Waals surface area contributed by atoms with Crippen molar-refractivity contribution >= 4 is 15.7 Å². The summed E-state index contributed by atoms with van der Waals surface area (Å²) in [4.78, 5) is 2.18. The maximum Gasteiger partial charge on any atom is 0.245 e. The first-order chi connectivity index (χ1) is 9.89. The molecule has 2 N–H and O–H groups in total. The first-order valence-electron chi connectivity index (χ1n) is 6.88. The van der Waals surface area contributed by atoms with Gasteiger partial charge >= 0.3 is 0 Å². The second-order valence-electron chi connectivity index (χ2n) is 5.09. The maximum absolute atomic E-state index is 12.7. The lowest BCUT2D eigenvalue weighted by Gasteiger charge is -2.23. The van der Waals surface area contributed by atoms with Gasteiger partial charge in [-0.1, -0.05) is 12.1 Å². The Bertz CT molecular complexity index is 532. The number of hydrogen-bond acceptors (Lipinski definition) is 5. The highest BCUT2D eigenvalue weighted by Crippen LogP contribution is 2.21. The van der Waals surface area contributed by atoms with Crippen LogP contribution in [0.25, 0.3) is 0 Å². The molecule has 0 radical (unpaired) electrons. The summed E-state index contributed by atoms with van der Waals surface area (Å²) in [7, 11) is 1.89. The molecule has 6 nitrogen and oxygen atoms in total. The largest absolute Gasteiger partial charge is 0.398 e. The van der Waals surface area contributed by atoms with E-state index < -0.39 is 10.0 Å². The monoisotopic (exact) mass is 315 g/mol. The molecular weight excluding hydrogens is 290 g/mol. The minimum atomic E-state index is -3.59. The molecule has 7 heteroatoms. The Morgan fingerprint density at radius 2 is 1.81 bits per heavy atom. The minimum Gasteiger partial charge on any atom is -0.398 e. The zero-order valence-electron chi connectivity index (χ0n) is 12.9. The van der Waals surface area contributed by atoms with Gasteiger partial charge in [-0.25, -0.2) is 8.42 Å². The maximum atomic E-state index is 12.7. The Kier molecular flexibility index (Phi) is 7.10. The predicted molar refractivity (Wildman–Crippen MR) is 84.7 cm³/mol. The fraction of sp³-hybridized carbons (Fsp3) is 0.571. The first kappa shape index (κ1) is 17.9. The van der Waals surface area contributed by atoms with Crippen LogP contribution in [-0.2, 0) is 14.8 Å². The predicted octanol–water partition coefficient (Wildman–Crippen LogP) is 0.858. The smallest absolute Gasteiger partial charge is 0.245 e. The molecule has 21 heavy (non-hydrogen) atoms. The van der Waals surface area contributed by atoms with Crippen LogP contribution in [0.2, 0.25) is 0 Å². The summed E-state index contributed by atoms with van der Waals surface area (Å²) in [5.41, 5.74) is 6.08. The van der Waals surface area contributed by atoms with Crippen molar-refractivity contribution in [3.05, 3.63) is 24.3 Å². The highest BCUT2D eigenvalue weighted by molar-refractivity contribution is 7.89. The number of nitrogen functional groups attached to an aromatic ring is 1. The van der Waals surface area contributed by atoms with Gasteiger partial charge < -0.3 is 15.4 Å². The van der Waals surface area contributed by atoms with Crippen molar-refractivity contribution in [2.45, 2.75) is 11.3 Å². The standard InChI is InChI=1S/C14H25N3O3S/c1-16(2)9-6-10-17(11-12-20-3)21(18,19)14-8-5-4-7-13(14)15/h4-5,7-8H,6,9-12,15H2,1-3H3. The van der Waals surface area contributed by atoms with Gasteiger partial charge in [0.2, 0.25) is 10.0 Å². The number of hydrogen-bond donors (Lipinski definition) is 1. The molecular formula is C14H25N3O3S. The SMILES string of the molecule is COCCN(CCCN(C)C)S(=O)(=O)c1ccccc1N. The average molecular weight is 315 g/mol. The van der Waals surface area contributed by atoms with Crippen LogP contribution in [0.3, 0.4) is 0 Å². The molecule has 0 heterocycles. The number of nitrogens with zero attached hydrogens (tertiary/aromatic N) is 2. The van der Waals surface area contributed by atoms with E-state index in [1.54, 1.807) is 25.3 Å². The number of methoxy groups -OCH3 is 1. The van der Waals surface area contributed by atoms with Gasteiger partial charge in [0.05, 0.1) is 12.3 Å². The van der Waals surface area contributed by atoms with Crippen LogP contribution in [0.15, 0.2) is 29.2 Å². The van der Waals surface area contributed by atoms with Gasteiger partial charge in [-0.15, -0.1) is 0 Å². The summed E-state index contributed by atoms with van der Waals surface area (Å²) in [6.45, 7) is 1.94. The highest BCUT2D eigenvalue weighted by atomic mass is 32.2. The van der Waals surface area contributed by atoms with E-state index in [1.165, 1.54) is 10.4 Å². The molecule has 0 unspecified atom stereocenters. The first-order valence-corrected chi connectivity index (χ1v) is 8.32. The third-order valence-corrected chi connectivity index (χ3v) is 5.07. The molecule has 0 aromatic heterocycles. The summed E-state index contributed by atoms with van der Waals surface area (Å²) >= 11 is 0. The lowest BCUT2D eigenvalue weighted by atomic mass is 10.3. The molecule has 0 atom stereocenters. The number of nitrogens with two attached hydrogens (primary N) is 1. The highest BCUT2D eigenvalue weighted by Gasteiger charge is 2.25. The second kappa shape index (κ2) is 8.33. The summed E-state index contributed by atoms with van der Waals surface area (Å²) in [5.74, 6) is 0. The van der Waals surface area contributed by atoms with Crippen LogP contribution in [0.5, 0.6) is 0 Å². The Balaban J connectivity index is 2.92. The zero-order chi connectivity index (χ0) is 15.9. The van der Waals surface area contributed by atoms with E-state index in [0.717, 1.165) is 13.0 Å². The molecule has 0 saturated heterocycles. The van der Waals surface area contributed by atoms with Crippen molar-refractivity contribution in [1.29, 1.82) is 0 Å². The molecule has 0 amide bonds. The lowest BCUT2D eigenvalue weighted by Crippen LogP contribution is -2.36. The Morgan fingerprint density at radius 1 is 1.14 bits per heavy atom. The van der Waals surface area contributed by atoms with E-state index in [-0.39, 0.29) is 10.6 Å². The van der Waals surface area contributed by atoms with Gasteiger partial charge in [-0.05, 0) is 39.2 Å². The van der Waals surface area contributed by atoms with Crippen molar-refractivity contribution in [2.24, 2.45) is 0 Å². The van der Waals surface area contributed by atoms with Gasteiger partial charge in [-0.2, -0.15) is 4.31 Å². The molecule has 0 bridgehead atoms. The van der Waals surface area contributed by atoms with Crippen molar-refractivity contribution < 1.29 is 13.2 Å². The van der Waals surface area contributed by atoms with E-state index in [9.17, 15) is 8.42 Å². The minimum absolute atomic E-state index is 0.158. The zero-order valence-corrected chi connectivity index (χ0v) is 13.8. The lowest BCUT2D eigenvalue weighted by molar-refractivity contribution is 0.177. The molecule has 0 saturated carbocycles. The number of anilines is 1. The third kappa shape index (κ3) is 5.28. The molecule has 0 fully saturated rings. The van der Waals surface area contributed by atoms with Crippen LogP contribution >= 0.6 is 0 Å². The molecule has 1 aromatic rings. The van der Waals surface area contributed by atoms with Gasteiger partial charge in [-0.3, -0.25) is 0 Å². The van der Waals surface area contributed by atoms with Crippen molar-refractivity contribution in [1.82, 2.24) is 9.21 Å². The summed E-state index contributed by atoms with van der Waals surface area (Å²) in [6.07, 6.45) is 0.753. The summed E-state index contributed by atoms with van der Waals surface area (Å²) in [5, 5.41) is 0. The molecule has 0 spiro atoms. The fourth-order valence-corrected chi connectivity index (χ4v) is 3.54. The molecule has 1 rings (SSSR count). The topological polar surface area (TPSA) is 75.9 Å². The van der Waals surface area contributed by atoms with Gasteiger partial charge in [0.1, 0.15) is 4.90 Å². The quantitative estimate of drug-likeness (QED) is 0.684. The van der Waals surface area contributed by atoms with Crippen LogP contribution < -0.4 is 5.73 Å². The van der Waals surface area contributed by atoms with E-state index in [4.69, 9.17) is 10.5 Å². The van der Waals surface area contributed by atoms with Crippen LogP contribution in [0, 0.1) is 0 Å². The Labute approximate surface area is 127 Å². The molecule has 0 aliphatic rings. The van der Waals surface area contributed by atoms with E-state index in [1.807, 2.05) is 19.0 Å². The molecule has 0 aliphatic carbocycles. The van der Waals surface area contributed by atoms with Crippen molar-refractivity contribution in [2.75, 3.05) is 53.2 Å². The van der Waals surface area contributed by atoms with Gasteiger partial charge in [0.25, 0.3) is 0 Å². The second-order valence-corrected chi connectivity index (χ2v) is 7.00. The molecule has 0 aliphatic heterocycles. The van der Waals surface area contributed by atoms with E-state index in [0.29, 0.717) is 19.7 Å². The van der Waals surface area contributed by atoms with Crippen molar-refractivity contribution in [3.8, 4) is 0 Å². The van der Waals surface area contributed by atoms with E-state index in [2.05, 4.69) is 0 Å². The van der Waals surface area contributed by atoms with Crippen LogP contribution in [0.4, 0.5) is 5.69 Å². The van der Waals surface area contributed by atoms with E-state index >= 15 is 0 Å². The molecule has 120 valence electrons. The fourth-order valence-electron chi connectivity index (χ4n) is 1.96. The van der Waals surface area contributed by atoms with Gasteiger partial charge in [0, 0.05) is 20.2 Å². The molecule has 1 aromatic carbocycles. The number of ether oxygens (including phenoxy) is 1. The Morgan fingerprint density at radius 3 is 2.38 bits per heavy atom. The van der Waals surface area contributed by atoms with Crippen LogP contribution in [-0.4, -0.2) is 65.1 Å². The van der Waals surface area contributed by atoms with Crippen LogP contribution in [0.1, 0.15) is 6.42 Å². The third-order valence-electron chi connectivity index (χ3n) is 3.09. The van der Waals surface area contributed by atoms with Gasteiger partial charge in [0.15, 0.2) is 0 Å². The normalized spacial score (nSPS) is 12.2. The number of para-hydroxylation sites is 1. The average Bonchev–Trinajstić information content (AvgIpc) is 2.42. The Hall–Kier alpha value is -1.15. The number of rotatable bonds is 9. The van der Waals surface area contributed by atoms with Crippen molar-refractivity contribution in [3.63, 3.8) is 0 Å². The number of benzene rings is 1. The summed E-state index contributed by atoms with van der Waals surface area (Å²) in [6, 6.07) is 6.54.